The number of aromatic nitrogens is 6. The number of nitriles is 2. The summed E-state index contributed by atoms with van der Waals surface area (Å²) in [6.45, 7) is 10.1. The Labute approximate surface area is 506 Å². The molecule has 22 nitrogen and oxygen atoms in total. The molecule has 2 fully saturated rings. The lowest BCUT2D eigenvalue weighted by atomic mass is 10.1. The van der Waals surface area contributed by atoms with Gasteiger partial charge in [0, 0.05) is 85.9 Å². The molecule has 0 bridgehead atoms. The van der Waals surface area contributed by atoms with Gasteiger partial charge in [0.2, 0.25) is 12.8 Å². The van der Waals surface area contributed by atoms with Crippen LogP contribution in [-0.4, -0.2) is 133 Å². The minimum Gasteiger partial charge on any atom is -0.493 e. The van der Waals surface area contributed by atoms with E-state index in [2.05, 4.69) is 51.5 Å². The van der Waals surface area contributed by atoms with Crippen molar-refractivity contribution in [2.24, 2.45) is 0 Å². The fourth-order valence-corrected chi connectivity index (χ4v) is 9.63. The molecule has 23 heteroatoms. The van der Waals surface area contributed by atoms with Crippen molar-refractivity contribution in [3.8, 4) is 81.0 Å². The van der Waals surface area contributed by atoms with Crippen molar-refractivity contribution in [1.29, 1.82) is 10.5 Å². The molecule has 0 saturated carbocycles. The van der Waals surface area contributed by atoms with Crippen LogP contribution in [0.5, 0.6) is 46.0 Å². The maximum Gasteiger partial charge on any atom is 0.251 e. The number of methoxy groups -OCH3 is 2. The monoisotopic (exact) mass is 1190 g/mol. The number of halogens is 1. The molecule has 10 aromatic rings. The largest absolute Gasteiger partial charge is 0.493 e. The number of morpholine rings is 2. The summed E-state index contributed by atoms with van der Waals surface area (Å²) in [5.41, 5.74) is 11.3. The molecule has 0 spiro atoms. The van der Waals surface area contributed by atoms with Crippen molar-refractivity contribution in [1.82, 2.24) is 40.2 Å². The van der Waals surface area contributed by atoms with Crippen molar-refractivity contribution in [2.45, 2.75) is 12.8 Å². The van der Waals surface area contributed by atoms with E-state index in [1.807, 2.05) is 91.0 Å². The Morgan fingerprint density at radius 2 is 1.05 bits per heavy atom. The Morgan fingerprint density at radius 1 is 0.575 bits per heavy atom. The van der Waals surface area contributed by atoms with Gasteiger partial charge < -0.3 is 57.8 Å². The standard InChI is InChI=1S/C32H30N6O5.C18H20ClN3O3.C14H11N3O2/c1-39-29-17-26-27(18-30(29)41-14-4-11-38-12-15-40-16-13-38)34-20-22(19-33)31(26)36-23-7-9-24(10-8-23)43-28-6-3-2-5-25(28)32-37-35-21-42-32;1-23-16-9-14-15(21-12-13(11-20)18(14)19)10-17(16)25-6-2-3-22-4-7-24-8-5-22;15-10-5-7-11(8-6-10)19-13-4-2-1-3-12(13)14-17-16-9-18-14/h2-3,5-10,17-18,20-21H,4,11-16H2,1H3,(H,34,36);9-10,12H,2-8H2,1H3;1-9H,15H2. The van der Waals surface area contributed by atoms with Crippen molar-refractivity contribution in [3.05, 3.63) is 163 Å². The Hall–Kier alpha value is -10.1. The summed E-state index contributed by atoms with van der Waals surface area (Å²) in [6, 6.07) is 41.1. The van der Waals surface area contributed by atoms with Crippen molar-refractivity contribution >= 4 is 50.5 Å². The Morgan fingerprint density at radius 3 is 1.53 bits per heavy atom. The Kier molecular flexibility index (Phi) is 20.8. The molecule has 0 atom stereocenters. The average Bonchev–Trinajstić information content (AvgIpc) is 2.65. The van der Waals surface area contributed by atoms with Gasteiger partial charge in [-0.3, -0.25) is 19.8 Å². The SMILES string of the molecule is COc1cc2c(Cl)c(C#N)cnc2cc1OCCCN1CCOCC1.COc1cc2c(Nc3ccc(Oc4ccccc4-c4nnco4)cc3)c(C#N)cnc2cc1OCCCN1CCOCC1.Nc1ccc(Oc2ccccc2-c2nnco2)cc1. The summed E-state index contributed by atoms with van der Waals surface area (Å²) in [7, 11) is 3.18. The summed E-state index contributed by atoms with van der Waals surface area (Å²) in [5.74, 6) is 5.75. The van der Waals surface area contributed by atoms with Crippen LogP contribution in [-0.2, 0) is 9.47 Å². The van der Waals surface area contributed by atoms with Gasteiger partial charge in [-0.15, -0.1) is 20.4 Å². The fraction of sp³-hybridized carbons (Fsp3) is 0.250. The summed E-state index contributed by atoms with van der Waals surface area (Å²) >= 11 is 6.26. The minimum absolute atomic E-state index is 0.343. The van der Waals surface area contributed by atoms with Gasteiger partial charge >= 0.3 is 0 Å². The third kappa shape index (κ3) is 15.8. The molecule has 6 heterocycles. The minimum atomic E-state index is 0.343. The number of rotatable bonds is 20. The first-order chi connectivity index (χ1) is 42.8. The van der Waals surface area contributed by atoms with Gasteiger partial charge in [-0.05, 0) is 97.8 Å². The number of nitrogens with zero attached hydrogens (tertiary/aromatic N) is 10. The molecule has 3 N–H and O–H groups in total. The number of nitrogen functional groups attached to an aromatic ring is 1. The molecule has 87 heavy (non-hydrogen) atoms. The zero-order valence-corrected chi connectivity index (χ0v) is 48.5. The van der Waals surface area contributed by atoms with Gasteiger partial charge in [0.15, 0.2) is 23.0 Å². The van der Waals surface area contributed by atoms with E-state index in [1.165, 1.54) is 19.0 Å². The first-order valence-electron chi connectivity index (χ1n) is 27.9. The van der Waals surface area contributed by atoms with Gasteiger partial charge in [-0.1, -0.05) is 35.9 Å². The average molecular weight is 1190 g/mol. The number of nitrogens with two attached hydrogens (primary N) is 1. The van der Waals surface area contributed by atoms with Crippen LogP contribution >= 0.6 is 11.6 Å². The number of nitrogens with one attached hydrogen (secondary N) is 1. The van der Waals surface area contributed by atoms with Crippen LogP contribution in [0.15, 0.2) is 155 Å². The van der Waals surface area contributed by atoms with Crippen LogP contribution in [0.4, 0.5) is 17.1 Å². The van der Waals surface area contributed by atoms with Crippen molar-refractivity contribution in [2.75, 3.05) is 104 Å². The molecule has 2 saturated heterocycles. The highest BCUT2D eigenvalue weighted by Crippen LogP contribution is 2.40. The predicted octanol–water partition coefficient (Wildman–Crippen LogP) is 11.8. The summed E-state index contributed by atoms with van der Waals surface area (Å²) in [5, 5.41) is 39.4. The number of fused-ring (bicyclic) bond motifs is 2. The fourth-order valence-electron chi connectivity index (χ4n) is 9.39. The first-order valence-corrected chi connectivity index (χ1v) is 28.3. The highest BCUT2D eigenvalue weighted by Gasteiger charge is 2.19. The highest BCUT2D eigenvalue weighted by atomic mass is 35.5. The molecule has 2 aliphatic heterocycles. The molecule has 444 valence electrons. The van der Waals surface area contributed by atoms with Gasteiger partial charge in [0.25, 0.3) is 11.8 Å². The summed E-state index contributed by atoms with van der Waals surface area (Å²) in [6.07, 6.45) is 7.40. The number of benzene rings is 6. The number of hydrogen-bond acceptors (Lipinski definition) is 22. The van der Waals surface area contributed by atoms with E-state index in [9.17, 15) is 5.26 Å². The van der Waals surface area contributed by atoms with Crippen LogP contribution in [0.3, 0.4) is 0 Å². The van der Waals surface area contributed by atoms with Gasteiger partial charge in [0.1, 0.15) is 35.1 Å². The van der Waals surface area contributed by atoms with Gasteiger partial charge in [-0.25, -0.2) is 0 Å². The maximum absolute atomic E-state index is 9.87. The molecule has 6 aromatic carbocycles. The van der Waals surface area contributed by atoms with E-state index in [-0.39, 0.29) is 0 Å². The van der Waals surface area contributed by atoms with E-state index in [1.54, 1.807) is 56.8 Å². The summed E-state index contributed by atoms with van der Waals surface area (Å²) in [4.78, 5) is 13.6. The molecule has 0 aliphatic carbocycles. The number of pyridine rings is 2. The van der Waals surface area contributed by atoms with Gasteiger partial charge in [-0.2, -0.15) is 10.5 Å². The Balaban J connectivity index is 0.000000160. The van der Waals surface area contributed by atoms with Gasteiger partial charge in [0.05, 0.1) is 97.9 Å². The van der Waals surface area contributed by atoms with E-state index in [0.717, 1.165) is 95.2 Å². The van der Waals surface area contributed by atoms with Crippen LogP contribution in [0.1, 0.15) is 24.0 Å². The molecule has 0 unspecified atom stereocenters. The van der Waals surface area contributed by atoms with Crippen LogP contribution < -0.4 is 39.5 Å². The van der Waals surface area contributed by atoms with E-state index < -0.39 is 0 Å². The maximum atomic E-state index is 9.87. The molecule has 0 radical (unpaired) electrons. The quantitative estimate of drug-likeness (QED) is 0.0530. The van der Waals surface area contributed by atoms with Crippen LogP contribution in [0, 0.1) is 22.7 Å². The molecule has 4 aromatic heterocycles. The summed E-state index contributed by atoms with van der Waals surface area (Å²) < 4.78 is 56.3. The Bertz CT molecular complexity index is 3930. The second kappa shape index (κ2) is 30.1. The van der Waals surface area contributed by atoms with Crippen LogP contribution in [0.25, 0.3) is 44.7 Å². The second-order valence-electron chi connectivity index (χ2n) is 19.5. The molecular formula is C64H61ClN12O10. The topological polar surface area (TPSA) is 270 Å². The molecular weight excluding hydrogens is 1130 g/mol. The molecule has 2 aliphatic rings. The van der Waals surface area contributed by atoms with Crippen molar-refractivity contribution in [3.63, 3.8) is 0 Å². The van der Waals surface area contributed by atoms with E-state index in [0.29, 0.717) is 120 Å². The third-order valence-corrected chi connectivity index (χ3v) is 14.3. The number of ether oxygens (including phenoxy) is 8. The predicted molar refractivity (Wildman–Crippen MR) is 326 cm³/mol. The van der Waals surface area contributed by atoms with Crippen LogP contribution in [0.2, 0.25) is 5.02 Å². The number of para-hydroxylation sites is 2. The number of anilines is 3. The lowest BCUT2D eigenvalue weighted by Gasteiger charge is -2.26. The zero-order chi connectivity index (χ0) is 60.2. The first kappa shape index (κ1) is 60.1. The smallest absolute Gasteiger partial charge is 0.251 e. The number of hydrogen-bond donors (Lipinski definition) is 2. The molecule has 12 rings (SSSR count). The molecule has 0 amide bonds. The zero-order valence-electron chi connectivity index (χ0n) is 47.8. The van der Waals surface area contributed by atoms with Crippen molar-refractivity contribution < 1.29 is 46.7 Å². The third-order valence-electron chi connectivity index (χ3n) is 13.9. The second-order valence-corrected chi connectivity index (χ2v) is 19.9. The lowest BCUT2D eigenvalue weighted by Crippen LogP contribution is -2.37. The van der Waals surface area contributed by atoms with E-state index in [4.69, 9.17) is 69.3 Å². The normalized spacial score (nSPS) is 13.2. The van der Waals surface area contributed by atoms with E-state index >= 15 is 0 Å². The highest BCUT2D eigenvalue weighted by molar-refractivity contribution is 6.36. The lowest BCUT2D eigenvalue weighted by molar-refractivity contribution is 0.0357.